The summed E-state index contributed by atoms with van der Waals surface area (Å²) in [4.78, 5) is 22.0. The summed E-state index contributed by atoms with van der Waals surface area (Å²) in [6, 6.07) is 0. The van der Waals surface area contributed by atoms with Crippen LogP contribution in [0.25, 0.3) is 0 Å². The number of halogens is 1. The van der Waals surface area contributed by atoms with E-state index in [2.05, 4.69) is 4.74 Å². The summed E-state index contributed by atoms with van der Waals surface area (Å²) in [6.45, 7) is 0.217. The molecule has 0 fully saturated rings. The summed E-state index contributed by atoms with van der Waals surface area (Å²) < 4.78 is 71.1. The number of amides is 1. The topological polar surface area (TPSA) is 147 Å². The molecule has 1 amide bonds. The van der Waals surface area contributed by atoms with Gasteiger partial charge in [0.1, 0.15) is 16.7 Å². The highest BCUT2D eigenvalue weighted by molar-refractivity contribution is 7.90. The first kappa shape index (κ1) is 18.7. The summed E-state index contributed by atoms with van der Waals surface area (Å²) in [7, 11) is -9.59. The molecule has 1 atom stereocenters. The lowest BCUT2D eigenvalue weighted by Gasteiger charge is -2.12. The molecule has 0 saturated heterocycles. The molecular formula is C8H13FNO8S2-. The van der Waals surface area contributed by atoms with Crippen LogP contribution in [-0.2, 0) is 34.5 Å². The van der Waals surface area contributed by atoms with Gasteiger partial charge in [-0.3, -0.25) is 14.3 Å². The van der Waals surface area contributed by atoms with Crippen LogP contribution in [0.4, 0.5) is 4.39 Å². The number of ether oxygens (including phenoxy) is 1. The summed E-state index contributed by atoms with van der Waals surface area (Å²) in [5, 5.41) is 0. The number of hydrogen-bond acceptors (Lipinski definition) is 8. The summed E-state index contributed by atoms with van der Waals surface area (Å²) in [5.41, 5.74) is -2.98. The Hall–Kier alpha value is -1.27. The Morgan fingerprint density at radius 2 is 1.85 bits per heavy atom. The van der Waals surface area contributed by atoms with Gasteiger partial charge in [0.2, 0.25) is 21.4 Å². The maximum Gasteiger partial charge on any atom is 0.323 e. The largest absolute Gasteiger partial charge is 0.746 e. The van der Waals surface area contributed by atoms with Crippen LogP contribution in [-0.4, -0.2) is 51.1 Å². The Morgan fingerprint density at radius 3 is 2.30 bits per heavy atom. The Balaban J connectivity index is 4.36. The summed E-state index contributed by atoms with van der Waals surface area (Å²) in [6.07, 6.45) is 0.311. The molecule has 0 aromatic heterocycles. The van der Waals surface area contributed by atoms with Gasteiger partial charge >= 0.3 is 5.97 Å². The lowest BCUT2D eigenvalue weighted by atomic mass is 10.3. The molecule has 0 aliphatic rings. The highest BCUT2D eigenvalue weighted by atomic mass is 32.2. The second-order valence-corrected chi connectivity index (χ2v) is 6.84. The second-order valence-electron chi connectivity index (χ2n) is 3.62. The van der Waals surface area contributed by atoms with Gasteiger partial charge in [-0.1, -0.05) is 6.92 Å². The number of esters is 1. The van der Waals surface area contributed by atoms with Crippen LogP contribution in [0.3, 0.4) is 0 Å². The van der Waals surface area contributed by atoms with Crippen molar-refractivity contribution < 1.29 is 40.1 Å². The normalized spacial score (nSPS) is 13.6. The van der Waals surface area contributed by atoms with E-state index in [1.54, 1.807) is 11.6 Å². The number of nitrogens with one attached hydrogen (secondary N) is 1. The number of rotatable bonds is 8. The minimum atomic E-state index is -5.28. The van der Waals surface area contributed by atoms with Crippen molar-refractivity contribution in [1.82, 2.24) is 4.72 Å². The fourth-order valence-corrected chi connectivity index (χ4v) is 2.08. The Morgan fingerprint density at radius 1 is 1.30 bits per heavy atom. The van der Waals surface area contributed by atoms with Crippen molar-refractivity contribution in [2.75, 3.05) is 12.4 Å². The van der Waals surface area contributed by atoms with E-state index >= 15 is 0 Å². The van der Waals surface area contributed by atoms with Gasteiger partial charge in [-0.05, 0) is 6.42 Å². The second kappa shape index (κ2) is 7.50. The predicted octanol–water partition coefficient (Wildman–Crippen LogP) is -1.38. The van der Waals surface area contributed by atoms with E-state index in [1.165, 1.54) is 0 Å². The number of sulfonamides is 1. The van der Waals surface area contributed by atoms with Crippen LogP contribution >= 0.6 is 0 Å². The van der Waals surface area contributed by atoms with Gasteiger partial charge < -0.3 is 9.29 Å². The molecule has 118 valence electrons. The Kier molecular flexibility index (Phi) is 7.02. The minimum Gasteiger partial charge on any atom is -0.746 e. The molecular weight excluding hydrogens is 321 g/mol. The van der Waals surface area contributed by atoms with E-state index in [0.29, 0.717) is 6.42 Å². The molecule has 20 heavy (non-hydrogen) atoms. The third-order valence-corrected chi connectivity index (χ3v) is 3.66. The third-order valence-electron chi connectivity index (χ3n) is 1.74. The first-order chi connectivity index (χ1) is 8.98. The van der Waals surface area contributed by atoms with Crippen molar-refractivity contribution in [2.45, 2.75) is 25.3 Å². The molecule has 9 nitrogen and oxygen atoms in total. The molecule has 0 rings (SSSR count). The summed E-state index contributed by atoms with van der Waals surface area (Å²) >= 11 is 0. The SMILES string of the molecule is CCCC(=O)NS(=O)(=O)CC(=O)OCC(F)S(=O)(=O)[O-]. The quantitative estimate of drug-likeness (QED) is 0.422. The van der Waals surface area contributed by atoms with Gasteiger partial charge in [-0.25, -0.2) is 21.2 Å². The molecule has 0 aliphatic carbocycles. The molecule has 0 aliphatic heterocycles. The zero-order chi connectivity index (χ0) is 16.0. The van der Waals surface area contributed by atoms with Crippen LogP contribution in [0.2, 0.25) is 0 Å². The van der Waals surface area contributed by atoms with Crippen molar-refractivity contribution >= 4 is 32.0 Å². The molecule has 1 unspecified atom stereocenters. The average molecular weight is 334 g/mol. The van der Waals surface area contributed by atoms with E-state index in [9.17, 15) is 35.4 Å². The molecule has 0 aromatic carbocycles. The summed E-state index contributed by atoms with van der Waals surface area (Å²) in [5.74, 6) is -3.62. The average Bonchev–Trinajstić information content (AvgIpc) is 2.22. The zero-order valence-corrected chi connectivity index (χ0v) is 12.0. The lowest BCUT2D eigenvalue weighted by molar-refractivity contribution is -0.141. The fourth-order valence-electron chi connectivity index (χ4n) is 0.926. The molecule has 0 bridgehead atoms. The standard InChI is InChI=1S/C8H14FNO8S2/c1-2-3-7(11)10-19(13,14)5-8(12)18-4-6(9)20(15,16)17/h6H,2-5H2,1H3,(H,10,11)(H,15,16,17)/p-1. The van der Waals surface area contributed by atoms with Crippen LogP contribution in [0.5, 0.6) is 0 Å². The maximum atomic E-state index is 12.6. The van der Waals surface area contributed by atoms with Crippen molar-refractivity contribution in [3.8, 4) is 0 Å². The van der Waals surface area contributed by atoms with E-state index in [1.807, 2.05) is 0 Å². The van der Waals surface area contributed by atoms with Crippen LogP contribution in [0.15, 0.2) is 0 Å². The van der Waals surface area contributed by atoms with E-state index < -0.39 is 49.9 Å². The molecule has 0 aromatic rings. The van der Waals surface area contributed by atoms with Gasteiger partial charge in [0, 0.05) is 6.42 Å². The molecule has 0 radical (unpaired) electrons. The molecule has 0 heterocycles. The van der Waals surface area contributed by atoms with Gasteiger partial charge in [0.15, 0.2) is 5.75 Å². The van der Waals surface area contributed by atoms with Gasteiger partial charge in [-0.2, -0.15) is 0 Å². The smallest absolute Gasteiger partial charge is 0.323 e. The third kappa shape index (κ3) is 8.01. The zero-order valence-electron chi connectivity index (χ0n) is 10.4. The Labute approximate surface area is 115 Å². The van der Waals surface area contributed by atoms with Crippen molar-refractivity contribution in [2.24, 2.45) is 0 Å². The van der Waals surface area contributed by atoms with E-state index in [0.717, 1.165) is 0 Å². The van der Waals surface area contributed by atoms with Crippen molar-refractivity contribution in [3.63, 3.8) is 0 Å². The monoisotopic (exact) mass is 334 g/mol. The molecule has 0 spiro atoms. The first-order valence-electron chi connectivity index (χ1n) is 5.25. The number of carbonyl (C=O) groups is 2. The van der Waals surface area contributed by atoms with Crippen LogP contribution in [0.1, 0.15) is 19.8 Å². The van der Waals surface area contributed by atoms with Crippen molar-refractivity contribution in [1.29, 1.82) is 0 Å². The maximum absolute atomic E-state index is 12.6. The predicted molar refractivity (Wildman–Crippen MR) is 62.4 cm³/mol. The van der Waals surface area contributed by atoms with E-state index in [4.69, 9.17) is 0 Å². The molecule has 12 heteroatoms. The van der Waals surface area contributed by atoms with Crippen LogP contribution in [0, 0.1) is 0 Å². The minimum absolute atomic E-state index is 0.0741. The number of alkyl halides is 1. The van der Waals surface area contributed by atoms with Crippen LogP contribution < -0.4 is 4.72 Å². The van der Waals surface area contributed by atoms with Gasteiger partial charge in [-0.15, -0.1) is 0 Å². The lowest BCUT2D eigenvalue weighted by Crippen LogP contribution is -2.36. The van der Waals surface area contributed by atoms with Gasteiger partial charge in [0.05, 0.1) is 0 Å². The molecule has 1 N–H and O–H groups in total. The number of hydrogen-bond donors (Lipinski definition) is 1. The van der Waals surface area contributed by atoms with Gasteiger partial charge in [0.25, 0.3) is 0 Å². The Bertz CT molecular complexity index is 555. The fraction of sp³-hybridized carbons (Fsp3) is 0.750. The first-order valence-corrected chi connectivity index (χ1v) is 8.38. The van der Waals surface area contributed by atoms with E-state index in [-0.39, 0.29) is 6.42 Å². The highest BCUT2D eigenvalue weighted by Gasteiger charge is 2.22. The number of carbonyl (C=O) groups excluding carboxylic acids is 2. The van der Waals surface area contributed by atoms with Crippen molar-refractivity contribution in [3.05, 3.63) is 0 Å². The molecule has 0 saturated carbocycles. The highest BCUT2D eigenvalue weighted by Crippen LogP contribution is 2.01.